The lowest BCUT2D eigenvalue weighted by atomic mass is 10.0. The molecule has 0 radical (unpaired) electrons. The molecule has 1 aromatic rings. The van der Waals surface area contributed by atoms with Gasteiger partial charge >= 0.3 is 5.97 Å². The standard InChI is InChI=1S/C18H24N2O5S/c1-12-6-3-4-8-19(12)16(22)10-25-18(23)14-11-26-17(20(14)13(2)21)15-7-5-9-24-15/h5,7,9,12,14,17H,3-4,6,8,10-11H2,1-2H3/t12-,14-,17-/m1/s1. The third kappa shape index (κ3) is 3.90. The maximum absolute atomic E-state index is 12.5. The van der Waals surface area contributed by atoms with Crippen LogP contribution in [-0.2, 0) is 19.1 Å². The summed E-state index contributed by atoms with van der Waals surface area (Å²) >= 11 is 1.45. The molecule has 8 heteroatoms. The Hall–Kier alpha value is -1.96. The number of carbonyl (C=O) groups excluding carboxylic acids is 3. The summed E-state index contributed by atoms with van der Waals surface area (Å²) < 4.78 is 10.7. The third-order valence-corrected chi connectivity index (χ3v) is 6.17. The molecule has 0 spiro atoms. The first-order chi connectivity index (χ1) is 12.5. The highest BCUT2D eigenvalue weighted by molar-refractivity contribution is 7.99. The van der Waals surface area contributed by atoms with E-state index in [0.29, 0.717) is 18.1 Å². The van der Waals surface area contributed by atoms with Crippen LogP contribution in [0, 0.1) is 0 Å². The summed E-state index contributed by atoms with van der Waals surface area (Å²) in [6, 6.07) is 2.99. The molecular weight excluding hydrogens is 356 g/mol. The topological polar surface area (TPSA) is 80.1 Å². The van der Waals surface area contributed by atoms with Gasteiger partial charge in [-0.25, -0.2) is 4.79 Å². The molecule has 0 aliphatic carbocycles. The molecular formula is C18H24N2O5S. The Morgan fingerprint density at radius 3 is 2.81 bits per heavy atom. The van der Waals surface area contributed by atoms with Crippen LogP contribution in [0.15, 0.2) is 22.8 Å². The number of esters is 1. The Kier molecular flexibility index (Phi) is 5.90. The molecule has 1 aromatic heterocycles. The van der Waals surface area contributed by atoms with Crippen molar-refractivity contribution in [1.29, 1.82) is 0 Å². The molecule has 0 N–H and O–H groups in total. The fraction of sp³-hybridized carbons (Fsp3) is 0.611. The van der Waals surface area contributed by atoms with Crippen LogP contribution in [0.25, 0.3) is 0 Å². The number of likely N-dealkylation sites (tertiary alicyclic amines) is 1. The van der Waals surface area contributed by atoms with E-state index in [1.807, 2.05) is 6.92 Å². The predicted molar refractivity (Wildman–Crippen MR) is 96.2 cm³/mol. The first kappa shape index (κ1) is 18.8. The Labute approximate surface area is 157 Å². The minimum atomic E-state index is -0.709. The van der Waals surface area contributed by atoms with Gasteiger partial charge < -0.3 is 19.0 Å². The van der Waals surface area contributed by atoms with Crippen molar-refractivity contribution >= 4 is 29.5 Å². The predicted octanol–water partition coefficient (Wildman–Crippen LogP) is 2.19. The summed E-state index contributed by atoms with van der Waals surface area (Å²) in [5, 5.41) is -0.349. The number of nitrogens with zero attached hydrogens (tertiary/aromatic N) is 2. The molecule has 0 saturated carbocycles. The van der Waals surface area contributed by atoms with E-state index in [-0.39, 0.29) is 29.8 Å². The number of hydrogen-bond acceptors (Lipinski definition) is 6. The fourth-order valence-corrected chi connectivity index (χ4v) is 4.92. The first-order valence-electron chi connectivity index (χ1n) is 8.89. The molecule has 142 valence electrons. The summed E-state index contributed by atoms with van der Waals surface area (Å²) in [6.45, 7) is 3.86. The van der Waals surface area contributed by atoms with E-state index in [4.69, 9.17) is 9.15 Å². The number of amides is 2. The highest BCUT2D eigenvalue weighted by Gasteiger charge is 2.43. The average molecular weight is 380 g/mol. The molecule has 3 rings (SSSR count). The van der Waals surface area contributed by atoms with Crippen molar-refractivity contribution in [3.8, 4) is 0 Å². The molecule has 3 atom stereocenters. The van der Waals surface area contributed by atoms with E-state index in [9.17, 15) is 14.4 Å². The minimum Gasteiger partial charge on any atom is -0.466 e. The van der Waals surface area contributed by atoms with Crippen LogP contribution in [0.3, 0.4) is 0 Å². The maximum Gasteiger partial charge on any atom is 0.330 e. The Balaban J connectivity index is 1.60. The van der Waals surface area contributed by atoms with Gasteiger partial charge in [-0.15, -0.1) is 11.8 Å². The molecule has 2 aliphatic rings. The summed E-state index contributed by atoms with van der Waals surface area (Å²) in [4.78, 5) is 40.2. The second kappa shape index (κ2) is 8.16. The van der Waals surface area contributed by atoms with E-state index >= 15 is 0 Å². The number of thioether (sulfide) groups is 1. The quantitative estimate of drug-likeness (QED) is 0.745. The van der Waals surface area contributed by atoms with Gasteiger partial charge in [0.2, 0.25) is 5.91 Å². The minimum absolute atomic E-state index is 0.173. The van der Waals surface area contributed by atoms with Crippen molar-refractivity contribution < 1.29 is 23.5 Å². The molecule has 2 aliphatic heterocycles. The van der Waals surface area contributed by atoms with Gasteiger partial charge in [0, 0.05) is 25.3 Å². The van der Waals surface area contributed by atoms with Crippen molar-refractivity contribution in [2.75, 3.05) is 18.9 Å². The van der Waals surface area contributed by atoms with E-state index in [1.165, 1.54) is 29.8 Å². The molecule has 0 aromatic carbocycles. The van der Waals surface area contributed by atoms with Crippen LogP contribution >= 0.6 is 11.8 Å². The van der Waals surface area contributed by atoms with Gasteiger partial charge in [0.1, 0.15) is 17.2 Å². The summed E-state index contributed by atoms with van der Waals surface area (Å²) in [5.41, 5.74) is 0. The number of furan rings is 1. The third-order valence-electron chi connectivity index (χ3n) is 4.88. The Morgan fingerprint density at radius 2 is 2.15 bits per heavy atom. The molecule has 0 bridgehead atoms. The van der Waals surface area contributed by atoms with E-state index in [2.05, 4.69) is 0 Å². The highest BCUT2D eigenvalue weighted by atomic mass is 32.2. The van der Waals surface area contributed by atoms with Crippen LogP contribution in [-0.4, -0.2) is 58.6 Å². The van der Waals surface area contributed by atoms with Crippen LogP contribution < -0.4 is 0 Å². The fourth-order valence-electron chi connectivity index (χ4n) is 3.50. The largest absolute Gasteiger partial charge is 0.466 e. The zero-order chi connectivity index (χ0) is 18.7. The van der Waals surface area contributed by atoms with Gasteiger partial charge in [-0.2, -0.15) is 0 Å². The van der Waals surface area contributed by atoms with Gasteiger partial charge in [0.05, 0.1) is 6.26 Å². The second-order valence-corrected chi connectivity index (χ2v) is 7.80. The van der Waals surface area contributed by atoms with Crippen molar-refractivity contribution in [3.63, 3.8) is 0 Å². The second-order valence-electron chi connectivity index (χ2n) is 6.68. The monoisotopic (exact) mass is 380 g/mol. The van der Waals surface area contributed by atoms with Gasteiger partial charge in [0.25, 0.3) is 5.91 Å². The van der Waals surface area contributed by atoms with Crippen molar-refractivity contribution in [3.05, 3.63) is 24.2 Å². The zero-order valence-corrected chi connectivity index (χ0v) is 15.9. The molecule has 3 heterocycles. The van der Waals surface area contributed by atoms with E-state index in [0.717, 1.165) is 19.3 Å². The van der Waals surface area contributed by atoms with Gasteiger partial charge in [-0.05, 0) is 38.3 Å². The molecule has 2 amide bonds. The van der Waals surface area contributed by atoms with E-state index in [1.54, 1.807) is 17.0 Å². The van der Waals surface area contributed by atoms with Crippen LogP contribution in [0.1, 0.15) is 44.2 Å². The molecule has 2 fully saturated rings. The average Bonchev–Trinajstić information content (AvgIpc) is 3.28. The molecule has 0 unspecified atom stereocenters. The van der Waals surface area contributed by atoms with Crippen LogP contribution in [0.2, 0.25) is 0 Å². The number of rotatable bonds is 4. The lowest BCUT2D eigenvalue weighted by Crippen LogP contribution is -2.46. The SMILES string of the molecule is CC(=O)N1[C@@H](C(=O)OCC(=O)N2CCCC[C@H]2C)CS[C@@H]1c1ccco1. The smallest absolute Gasteiger partial charge is 0.330 e. The van der Waals surface area contributed by atoms with Gasteiger partial charge in [-0.1, -0.05) is 0 Å². The number of piperidine rings is 1. The first-order valence-corrected chi connectivity index (χ1v) is 9.94. The summed E-state index contributed by atoms with van der Waals surface area (Å²) in [7, 11) is 0. The summed E-state index contributed by atoms with van der Waals surface area (Å²) in [6.07, 6.45) is 4.61. The molecule has 7 nitrogen and oxygen atoms in total. The number of hydrogen-bond donors (Lipinski definition) is 0. The Bertz CT molecular complexity index is 663. The Morgan fingerprint density at radius 1 is 1.35 bits per heavy atom. The number of ether oxygens (including phenoxy) is 1. The highest BCUT2D eigenvalue weighted by Crippen LogP contribution is 2.41. The summed E-state index contributed by atoms with van der Waals surface area (Å²) in [5.74, 6) is 0.0962. The number of carbonyl (C=O) groups is 3. The van der Waals surface area contributed by atoms with Crippen molar-refractivity contribution in [2.45, 2.75) is 50.6 Å². The lowest BCUT2D eigenvalue weighted by Gasteiger charge is -2.33. The van der Waals surface area contributed by atoms with Crippen molar-refractivity contribution in [2.24, 2.45) is 0 Å². The van der Waals surface area contributed by atoms with Crippen LogP contribution in [0.5, 0.6) is 0 Å². The lowest BCUT2D eigenvalue weighted by molar-refractivity contribution is -0.159. The molecule has 2 saturated heterocycles. The van der Waals surface area contributed by atoms with Crippen molar-refractivity contribution in [1.82, 2.24) is 9.80 Å². The van der Waals surface area contributed by atoms with Crippen LogP contribution in [0.4, 0.5) is 0 Å². The molecule has 26 heavy (non-hydrogen) atoms. The van der Waals surface area contributed by atoms with E-state index < -0.39 is 12.0 Å². The zero-order valence-electron chi connectivity index (χ0n) is 15.1. The van der Waals surface area contributed by atoms with Gasteiger partial charge in [-0.3, -0.25) is 9.59 Å². The normalized spacial score (nSPS) is 26.0. The van der Waals surface area contributed by atoms with Gasteiger partial charge in [0.15, 0.2) is 6.61 Å². The maximum atomic E-state index is 12.5.